The number of halogens is 6. The van der Waals surface area contributed by atoms with Crippen LogP contribution in [-0.2, 0) is 27.4 Å². The molecule has 47 heavy (non-hydrogen) atoms. The van der Waals surface area contributed by atoms with Gasteiger partial charge in [0.25, 0.3) is 0 Å². The van der Waals surface area contributed by atoms with Crippen molar-refractivity contribution in [3.8, 4) is 0 Å². The third-order valence-electron chi connectivity index (χ3n) is 2.36. The van der Waals surface area contributed by atoms with Gasteiger partial charge in [-0.3, -0.25) is 63.0 Å². The van der Waals surface area contributed by atoms with Gasteiger partial charge in [0.15, 0.2) is 0 Å². The monoisotopic (exact) mass is 834 g/mol. The Morgan fingerprint density at radius 3 is 1.21 bits per heavy atom. The highest BCUT2D eigenvalue weighted by Gasteiger charge is 2.26. The van der Waals surface area contributed by atoms with Crippen LogP contribution in [0.25, 0.3) is 11.2 Å². The van der Waals surface area contributed by atoms with Crippen molar-refractivity contribution in [3.63, 3.8) is 0 Å². The summed E-state index contributed by atoms with van der Waals surface area (Å²) in [6.07, 6.45) is 1.41. The summed E-state index contributed by atoms with van der Waals surface area (Å²) in [5.74, 6) is 0.832. The van der Waals surface area contributed by atoms with Gasteiger partial charge in [-0.2, -0.15) is 4.20 Å². The number of fused-ring (bicyclic) bond motifs is 1. The van der Waals surface area contributed by atoms with E-state index in [1.165, 1.54) is 6.20 Å². The summed E-state index contributed by atoms with van der Waals surface area (Å²) in [4.78, 5) is 87.0. The molecule has 0 bridgehead atoms. The summed E-state index contributed by atoms with van der Waals surface area (Å²) in [6.45, 7) is 0. The Morgan fingerprint density at radius 1 is 0.745 bits per heavy atom. The van der Waals surface area contributed by atoms with Crippen LogP contribution in [0.3, 0.4) is 0 Å². The Hall–Kier alpha value is -1.70. The van der Waals surface area contributed by atoms with E-state index >= 15 is 0 Å². The second-order valence-electron chi connectivity index (χ2n) is 6.95. The van der Waals surface area contributed by atoms with E-state index in [-0.39, 0.29) is 0 Å². The van der Waals surface area contributed by atoms with E-state index in [4.69, 9.17) is 86.1 Å². The Labute approximate surface area is 257 Å². The van der Waals surface area contributed by atoms with E-state index in [0.29, 0.717) is 15.9 Å². The summed E-state index contributed by atoms with van der Waals surface area (Å²) in [5.41, 5.74) is 0.994. The van der Waals surface area contributed by atoms with E-state index in [2.05, 4.69) is 10.3 Å². The van der Waals surface area contributed by atoms with Gasteiger partial charge in [-0.1, -0.05) is 4.68 Å². The second kappa shape index (κ2) is 22.8. The summed E-state index contributed by atoms with van der Waals surface area (Å²) >= 11 is 0. The lowest BCUT2D eigenvalue weighted by Crippen LogP contribution is -2.37. The molecule has 0 fully saturated rings. The highest BCUT2D eigenvalue weighted by molar-refractivity contribution is 7.46. The molecule has 0 aliphatic carbocycles. The van der Waals surface area contributed by atoms with E-state index < -0.39 is 47.4 Å². The van der Waals surface area contributed by atoms with Gasteiger partial charge in [0, 0.05) is 0 Å². The zero-order valence-corrected chi connectivity index (χ0v) is 28.4. The minimum Gasteiger partial charge on any atom is -0.753 e. The zero-order valence-electron chi connectivity index (χ0n) is 23.1. The van der Waals surface area contributed by atoms with Gasteiger partial charge < -0.3 is 15.0 Å². The van der Waals surface area contributed by atoms with Crippen LogP contribution in [0.5, 0.6) is 0 Å². The Morgan fingerprint density at radius 2 is 1.00 bits per heavy atom. The first-order valence-corrected chi connectivity index (χ1v) is 18.7. The summed E-state index contributed by atoms with van der Waals surface area (Å²) < 4.78 is 118. The molecule has 25 nitrogen and oxygen atoms in total. The Kier molecular flexibility index (Phi) is 26.6. The van der Waals surface area contributed by atoms with E-state index in [9.17, 15) is 30.4 Å². The molecule has 2 aromatic heterocycles. The molecular formula is C10H26F6N6O19P6. The van der Waals surface area contributed by atoms with Gasteiger partial charge in [0.05, 0.1) is 34.4 Å². The molecule has 0 saturated carbocycles. The number of hydrogen-bond acceptors (Lipinski definition) is 10. The van der Waals surface area contributed by atoms with Gasteiger partial charge in [-0.15, -0.1) is 21.0 Å². The van der Waals surface area contributed by atoms with Crippen LogP contribution < -0.4 is 9.62 Å². The summed E-state index contributed by atoms with van der Waals surface area (Å²) in [6, 6.07) is 3.49. The standard InChI is InChI=1S/C10H15N6O.6FH2O3P/c1-13(2)10(14(3)4)16-8-6-5-7-15(17)9(8)11-12-16;6*1-5(2,3)4/h5-7H,1-4H3;6*(H2,2,3,4)/q+1;;;;;;/p-1. The zero-order chi connectivity index (χ0) is 39.6. The van der Waals surface area contributed by atoms with Crippen LogP contribution in [0, 0.1) is 5.21 Å². The van der Waals surface area contributed by atoms with E-state index in [1.807, 2.05) is 43.7 Å². The van der Waals surface area contributed by atoms with Crippen molar-refractivity contribution in [1.82, 2.24) is 19.9 Å². The Balaban J connectivity index is -0.000000164. The highest BCUT2D eigenvalue weighted by atomic mass is 31.2. The van der Waals surface area contributed by atoms with Crippen molar-refractivity contribution in [2.45, 2.75) is 0 Å². The quantitative estimate of drug-likeness (QED) is 0.0369. The topological polar surface area (TPSA) is 412 Å². The van der Waals surface area contributed by atoms with Crippen molar-refractivity contribution in [2.75, 3.05) is 28.2 Å². The lowest BCUT2D eigenvalue weighted by molar-refractivity contribution is -0.579. The van der Waals surface area contributed by atoms with Crippen LogP contribution in [0.1, 0.15) is 0 Å². The normalized spacial score (nSPS) is 12.4. The molecule has 0 spiro atoms. The van der Waals surface area contributed by atoms with E-state index in [1.54, 1.807) is 10.7 Å². The van der Waals surface area contributed by atoms with E-state index in [0.717, 1.165) is 5.96 Å². The molecular weight excluding hydrogens is 808 g/mol. The molecule has 2 heterocycles. The lowest BCUT2D eigenvalue weighted by atomic mass is 10.4. The predicted octanol–water partition coefficient (Wildman–Crippen LogP) is -1.24. The fourth-order valence-electron chi connectivity index (χ4n) is 1.79. The van der Waals surface area contributed by atoms with Gasteiger partial charge >= 0.3 is 59.0 Å². The largest absolute Gasteiger partial charge is 0.753 e. The van der Waals surface area contributed by atoms with Gasteiger partial charge in [0.1, 0.15) is 10.3 Å². The third-order valence-corrected chi connectivity index (χ3v) is 2.36. The second-order valence-corrected chi connectivity index (χ2v) is 12.6. The fraction of sp³-hybridized carbons (Fsp3) is 0.400. The SMILES string of the molecule is CN(C)C(n1nnc2c1ccc[n+]2[O-])=[N+](C)C.O=P(O)(O)F.O=P(O)(O)F.O=P(O)(O)F.O=P(O)(O)F.O=P(O)(O)F.O=P([O-])(O)F. The number of hydrogen-bond donors (Lipinski definition) is 11. The van der Waals surface area contributed by atoms with Crippen LogP contribution in [0.2, 0.25) is 0 Å². The molecule has 2 aromatic rings. The summed E-state index contributed by atoms with van der Waals surface area (Å²) in [7, 11) is -23.4. The molecule has 1 atom stereocenters. The molecule has 0 amide bonds. The molecule has 0 radical (unpaired) electrons. The first kappa shape index (κ1) is 54.7. The summed E-state index contributed by atoms with van der Waals surface area (Å²) in [5, 5.41) is 19.4. The molecule has 0 aliphatic rings. The van der Waals surface area contributed by atoms with Gasteiger partial charge in [0.2, 0.25) is 5.52 Å². The highest BCUT2D eigenvalue weighted by Crippen LogP contribution is 2.36. The maximum absolute atomic E-state index is 11.5. The average Bonchev–Trinajstić information content (AvgIpc) is 3.04. The van der Waals surface area contributed by atoms with Crippen molar-refractivity contribution < 1.29 is 121 Å². The molecule has 2 rings (SSSR count). The molecule has 0 aliphatic heterocycles. The minimum absolute atomic E-state index is 0.314. The van der Waals surface area contributed by atoms with Crippen molar-refractivity contribution in [1.29, 1.82) is 0 Å². The van der Waals surface area contributed by atoms with Crippen LogP contribution in [0.4, 0.5) is 25.2 Å². The van der Waals surface area contributed by atoms with Crippen LogP contribution >= 0.6 is 47.4 Å². The molecule has 0 saturated heterocycles. The van der Waals surface area contributed by atoms with Crippen molar-refractivity contribution >= 4 is 64.6 Å². The van der Waals surface area contributed by atoms with Gasteiger partial charge in [-0.05, 0) is 12.1 Å². The van der Waals surface area contributed by atoms with Crippen molar-refractivity contribution in [3.05, 3.63) is 23.5 Å². The van der Waals surface area contributed by atoms with Crippen LogP contribution in [-0.4, -0.2) is 112 Å². The molecule has 282 valence electrons. The van der Waals surface area contributed by atoms with Crippen molar-refractivity contribution in [2.24, 2.45) is 0 Å². The molecule has 1 unspecified atom stereocenters. The number of nitrogens with zero attached hydrogens (tertiary/aromatic N) is 6. The minimum atomic E-state index is -5.39. The average molecular weight is 834 g/mol. The Bertz CT molecular complexity index is 1320. The lowest BCUT2D eigenvalue weighted by Gasteiger charge is -2.09. The third kappa shape index (κ3) is 71.5. The maximum atomic E-state index is 11.5. The molecule has 37 heteroatoms. The first-order valence-electron chi connectivity index (χ1n) is 9.67. The van der Waals surface area contributed by atoms with Gasteiger partial charge in [-0.25, -0.2) is 27.6 Å². The number of rotatable bonds is 0. The molecule has 11 N–H and O–H groups in total. The predicted molar refractivity (Wildman–Crippen MR) is 139 cm³/mol. The number of aromatic nitrogens is 4. The molecule has 0 aromatic carbocycles. The number of pyridine rings is 1. The van der Waals surface area contributed by atoms with Crippen LogP contribution in [0.15, 0.2) is 18.3 Å². The first-order chi connectivity index (χ1) is 20.0. The fourth-order valence-corrected chi connectivity index (χ4v) is 1.79. The smallest absolute Gasteiger partial charge is 0.507 e. The maximum Gasteiger partial charge on any atom is 0.507 e.